The van der Waals surface area contributed by atoms with E-state index in [1.54, 1.807) is 51.1 Å². The summed E-state index contributed by atoms with van der Waals surface area (Å²) in [6.07, 6.45) is -5.61. The van der Waals surface area contributed by atoms with Crippen LogP contribution in [0.5, 0.6) is 0 Å². The molecular formula is C26H25F3N4O4. The Kier molecular flexibility index (Phi) is 8.16. The Morgan fingerprint density at radius 3 is 2.05 bits per heavy atom. The van der Waals surface area contributed by atoms with E-state index in [1.807, 2.05) is 0 Å². The lowest BCUT2D eigenvalue weighted by molar-refractivity contribution is -0.141. The van der Waals surface area contributed by atoms with Gasteiger partial charge in [-0.15, -0.1) is 0 Å². The number of carbonyl (C=O) groups excluding carboxylic acids is 3. The van der Waals surface area contributed by atoms with Gasteiger partial charge in [-0.05, 0) is 68.8 Å². The Hall–Kier alpha value is -4.41. The number of aromatic nitrogens is 1. The number of nitrogens with zero attached hydrogens (tertiary/aromatic N) is 1. The summed E-state index contributed by atoms with van der Waals surface area (Å²) in [5.41, 5.74) is -1.22. The Balaban J connectivity index is 1.77. The molecule has 0 aliphatic heterocycles. The van der Waals surface area contributed by atoms with Gasteiger partial charge in [-0.25, -0.2) is 9.78 Å². The largest absolute Gasteiger partial charge is 0.444 e. The average molecular weight is 515 g/mol. The number of para-hydroxylation sites is 1. The second kappa shape index (κ2) is 11.1. The molecule has 0 aliphatic carbocycles. The summed E-state index contributed by atoms with van der Waals surface area (Å²) in [7, 11) is 0. The van der Waals surface area contributed by atoms with Crippen LogP contribution < -0.4 is 16.0 Å². The highest BCUT2D eigenvalue weighted by molar-refractivity contribution is 6.08. The zero-order valence-corrected chi connectivity index (χ0v) is 20.3. The third kappa shape index (κ3) is 8.34. The highest BCUT2D eigenvalue weighted by atomic mass is 19.4. The number of hydrogen-bond donors (Lipinski definition) is 3. The number of hydrogen-bond acceptors (Lipinski definition) is 5. The van der Waals surface area contributed by atoms with Crippen molar-refractivity contribution in [3.8, 4) is 0 Å². The predicted octanol–water partition coefficient (Wildman–Crippen LogP) is 5.63. The molecule has 1 heterocycles. The minimum Gasteiger partial charge on any atom is -0.444 e. The Morgan fingerprint density at radius 2 is 1.46 bits per heavy atom. The zero-order valence-electron chi connectivity index (χ0n) is 20.3. The SMILES string of the molecule is CC(C)(C)OC(=O)NCc1cc(NC(=O)c2cccc(C(=O)Nc3ccccc3)c2)nc(C(F)(F)F)c1. The molecule has 0 fully saturated rings. The summed E-state index contributed by atoms with van der Waals surface area (Å²) in [6.45, 7) is 4.65. The van der Waals surface area contributed by atoms with Crippen molar-refractivity contribution in [3.63, 3.8) is 0 Å². The van der Waals surface area contributed by atoms with E-state index in [4.69, 9.17) is 4.74 Å². The number of pyridine rings is 1. The molecule has 3 N–H and O–H groups in total. The first-order chi connectivity index (χ1) is 17.3. The third-order valence-corrected chi connectivity index (χ3v) is 4.67. The number of benzene rings is 2. The highest BCUT2D eigenvalue weighted by Crippen LogP contribution is 2.29. The molecule has 0 spiro atoms. The lowest BCUT2D eigenvalue weighted by Gasteiger charge is -2.20. The molecule has 0 unspecified atom stereocenters. The number of alkyl halides is 3. The Labute approximate surface area is 211 Å². The molecule has 194 valence electrons. The van der Waals surface area contributed by atoms with Crippen LogP contribution in [0.15, 0.2) is 66.7 Å². The summed E-state index contributed by atoms with van der Waals surface area (Å²) in [5.74, 6) is -1.61. The number of ether oxygens (including phenoxy) is 1. The van der Waals surface area contributed by atoms with Crippen LogP contribution in [-0.4, -0.2) is 28.5 Å². The summed E-state index contributed by atoms with van der Waals surface area (Å²) < 4.78 is 45.3. The fourth-order valence-electron chi connectivity index (χ4n) is 3.10. The van der Waals surface area contributed by atoms with E-state index in [-0.39, 0.29) is 29.1 Å². The van der Waals surface area contributed by atoms with Crippen molar-refractivity contribution in [1.82, 2.24) is 10.3 Å². The van der Waals surface area contributed by atoms with Crippen LogP contribution >= 0.6 is 0 Å². The molecule has 3 aromatic rings. The van der Waals surface area contributed by atoms with Crippen molar-refractivity contribution in [3.05, 3.63) is 89.1 Å². The fourth-order valence-corrected chi connectivity index (χ4v) is 3.10. The van der Waals surface area contributed by atoms with Crippen molar-refractivity contribution < 1.29 is 32.3 Å². The van der Waals surface area contributed by atoms with Gasteiger partial charge in [0.05, 0.1) is 0 Å². The summed E-state index contributed by atoms with van der Waals surface area (Å²) >= 11 is 0. The van der Waals surface area contributed by atoms with Gasteiger partial charge in [0.2, 0.25) is 0 Å². The molecule has 0 saturated carbocycles. The molecule has 2 aromatic carbocycles. The van der Waals surface area contributed by atoms with Gasteiger partial charge in [0.15, 0.2) is 0 Å². The van der Waals surface area contributed by atoms with E-state index >= 15 is 0 Å². The molecule has 0 bridgehead atoms. The standard InChI is InChI=1S/C26H25F3N4O4/c1-25(2,3)37-24(36)30-15-16-12-20(26(27,28)29)32-21(13-16)33-23(35)18-9-7-8-17(14-18)22(34)31-19-10-5-4-6-11-19/h4-14H,15H2,1-3H3,(H,30,36)(H,31,34)(H,32,33,35). The van der Waals surface area contributed by atoms with Crippen molar-refractivity contribution in [2.75, 3.05) is 10.6 Å². The van der Waals surface area contributed by atoms with E-state index < -0.39 is 35.4 Å². The van der Waals surface area contributed by atoms with Gasteiger partial charge < -0.3 is 20.7 Å². The molecule has 0 saturated heterocycles. The number of nitrogens with one attached hydrogen (secondary N) is 3. The fraction of sp³-hybridized carbons (Fsp3) is 0.231. The van der Waals surface area contributed by atoms with Crippen LogP contribution in [0, 0.1) is 0 Å². The van der Waals surface area contributed by atoms with E-state index in [9.17, 15) is 27.6 Å². The van der Waals surface area contributed by atoms with Crippen molar-refractivity contribution in [1.29, 1.82) is 0 Å². The van der Waals surface area contributed by atoms with Crippen molar-refractivity contribution >= 4 is 29.4 Å². The molecule has 0 atom stereocenters. The molecule has 0 aliphatic rings. The normalized spacial score (nSPS) is 11.4. The van der Waals surface area contributed by atoms with Gasteiger partial charge in [-0.2, -0.15) is 13.2 Å². The van der Waals surface area contributed by atoms with Gasteiger partial charge >= 0.3 is 12.3 Å². The maximum atomic E-state index is 13.4. The van der Waals surface area contributed by atoms with Crippen molar-refractivity contribution in [2.45, 2.75) is 39.1 Å². The second-order valence-corrected chi connectivity index (χ2v) is 8.95. The number of carbonyl (C=O) groups is 3. The average Bonchev–Trinajstić information content (AvgIpc) is 2.82. The van der Waals surface area contributed by atoms with Gasteiger partial charge in [-0.3, -0.25) is 9.59 Å². The van der Waals surface area contributed by atoms with Crippen LogP contribution in [-0.2, 0) is 17.5 Å². The third-order valence-electron chi connectivity index (χ3n) is 4.67. The maximum Gasteiger partial charge on any atom is 0.433 e. The number of alkyl carbamates (subject to hydrolysis) is 1. The van der Waals surface area contributed by atoms with Crippen LogP contribution in [0.4, 0.5) is 29.5 Å². The summed E-state index contributed by atoms with van der Waals surface area (Å²) in [4.78, 5) is 40.7. The van der Waals surface area contributed by atoms with Crippen LogP contribution in [0.2, 0.25) is 0 Å². The lowest BCUT2D eigenvalue weighted by atomic mass is 10.1. The minimum atomic E-state index is -4.79. The number of anilines is 2. The Morgan fingerprint density at radius 1 is 0.838 bits per heavy atom. The summed E-state index contributed by atoms with van der Waals surface area (Å²) in [5, 5.41) is 7.39. The van der Waals surface area contributed by atoms with E-state index in [0.29, 0.717) is 5.69 Å². The van der Waals surface area contributed by atoms with E-state index in [0.717, 1.165) is 6.07 Å². The number of amides is 3. The van der Waals surface area contributed by atoms with E-state index in [2.05, 4.69) is 20.9 Å². The molecule has 37 heavy (non-hydrogen) atoms. The highest BCUT2D eigenvalue weighted by Gasteiger charge is 2.33. The van der Waals surface area contributed by atoms with E-state index in [1.165, 1.54) is 30.3 Å². The quantitative estimate of drug-likeness (QED) is 0.395. The molecule has 11 heteroatoms. The topological polar surface area (TPSA) is 109 Å². The lowest BCUT2D eigenvalue weighted by Crippen LogP contribution is -2.32. The zero-order chi connectivity index (χ0) is 27.2. The smallest absolute Gasteiger partial charge is 0.433 e. The molecule has 3 rings (SSSR count). The molecule has 3 amide bonds. The Bertz CT molecular complexity index is 1290. The minimum absolute atomic E-state index is 0.0355. The number of rotatable bonds is 6. The first-order valence-electron chi connectivity index (χ1n) is 11.1. The number of halogens is 3. The molecule has 0 radical (unpaired) electrons. The maximum absolute atomic E-state index is 13.4. The van der Waals surface area contributed by atoms with Crippen LogP contribution in [0.25, 0.3) is 0 Å². The molecule has 1 aromatic heterocycles. The second-order valence-electron chi connectivity index (χ2n) is 8.95. The molecular weight excluding hydrogens is 489 g/mol. The van der Waals surface area contributed by atoms with Gasteiger partial charge in [-0.1, -0.05) is 24.3 Å². The first-order valence-corrected chi connectivity index (χ1v) is 11.1. The van der Waals surface area contributed by atoms with Gasteiger partial charge in [0, 0.05) is 23.4 Å². The summed E-state index contributed by atoms with van der Waals surface area (Å²) in [6, 6.07) is 16.4. The van der Waals surface area contributed by atoms with Gasteiger partial charge in [0.1, 0.15) is 17.1 Å². The van der Waals surface area contributed by atoms with Crippen LogP contribution in [0.3, 0.4) is 0 Å². The van der Waals surface area contributed by atoms with Crippen molar-refractivity contribution in [2.24, 2.45) is 0 Å². The predicted molar refractivity (Wildman–Crippen MR) is 131 cm³/mol. The van der Waals surface area contributed by atoms with Crippen LogP contribution in [0.1, 0.15) is 52.7 Å². The van der Waals surface area contributed by atoms with Gasteiger partial charge in [0.25, 0.3) is 11.8 Å². The first kappa shape index (κ1) is 27.2. The monoisotopic (exact) mass is 514 g/mol. The molecule has 8 nitrogen and oxygen atoms in total.